The lowest BCUT2D eigenvalue weighted by atomic mass is 9.78. The number of aliphatic imine (C=N–C) groups is 1. The largest absolute Gasteiger partial charge is 0.506 e. The summed E-state index contributed by atoms with van der Waals surface area (Å²) in [5.41, 5.74) is 0.866. The summed E-state index contributed by atoms with van der Waals surface area (Å²) in [7, 11) is 1.35. The summed E-state index contributed by atoms with van der Waals surface area (Å²) in [5, 5.41) is 15.8. The molecule has 2 unspecified atom stereocenters. The van der Waals surface area contributed by atoms with Crippen molar-refractivity contribution in [2.75, 3.05) is 19.0 Å². The third kappa shape index (κ3) is 4.61. The summed E-state index contributed by atoms with van der Waals surface area (Å²) in [6.45, 7) is 1.54. The smallest absolute Gasteiger partial charge is 0.337 e. The Morgan fingerprint density at radius 2 is 2.10 bits per heavy atom. The molecule has 2 fully saturated rings. The number of phenolic OH excluding ortho intramolecular Hbond substituents is 1. The van der Waals surface area contributed by atoms with Crippen LogP contribution in [0.25, 0.3) is 0 Å². The first kappa shape index (κ1) is 20.7. The van der Waals surface area contributed by atoms with E-state index in [1.807, 2.05) is 6.07 Å². The van der Waals surface area contributed by atoms with Crippen LogP contribution in [0.2, 0.25) is 0 Å². The third-order valence-electron chi connectivity index (χ3n) is 6.14. The van der Waals surface area contributed by atoms with Crippen LogP contribution in [-0.4, -0.2) is 41.6 Å². The highest BCUT2D eigenvalue weighted by atomic mass is 32.1. The molecular weight excluding hydrogens is 398 g/mol. The lowest BCUT2D eigenvalue weighted by Gasteiger charge is -2.45. The van der Waals surface area contributed by atoms with Crippen molar-refractivity contribution in [1.29, 1.82) is 0 Å². The van der Waals surface area contributed by atoms with Crippen LogP contribution in [0, 0.1) is 5.92 Å². The SMILES string of the molecule is COC(=O)c1ccc(O)c(NC(=NCc2cccs2)N2CCCC3CCCCC32)c1. The number of phenols is 1. The lowest BCUT2D eigenvalue weighted by Crippen LogP contribution is -2.51. The second-order valence-corrected chi connectivity index (χ2v) is 9.05. The number of rotatable bonds is 4. The Morgan fingerprint density at radius 1 is 1.27 bits per heavy atom. The number of aromatic hydroxyl groups is 1. The average Bonchev–Trinajstić information content (AvgIpc) is 3.30. The van der Waals surface area contributed by atoms with Gasteiger partial charge >= 0.3 is 5.97 Å². The molecule has 0 radical (unpaired) electrons. The molecule has 1 aromatic heterocycles. The average molecular weight is 428 g/mol. The summed E-state index contributed by atoms with van der Waals surface area (Å²) < 4.78 is 4.83. The Labute approximate surface area is 181 Å². The fourth-order valence-electron chi connectivity index (χ4n) is 4.65. The molecule has 4 rings (SSSR count). The van der Waals surface area contributed by atoms with Crippen LogP contribution in [0.15, 0.2) is 40.7 Å². The molecule has 0 amide bonds. The highest BCUT2D eigenvalue weighted by molar-refractivity contribution is 7.09. The molecule has 7 heteroatoms. The second kappa shape index (κ2) is 9.51. The van der Waals surface area contributed by atoms with Gasteiger partial charge in [0.05, 0.1) is 24.9 Å². The van der Waals surface area contributed by atoms with Gasteiger partial charge in [0, 0.05) is 17.5 Å². The van der Waals surface area contributed by atoms with Gasteiger partial charge in [0.25, 0.3) is 0 Å². The van der Waals surface area contributed by atoms with Gasteiger partial charge in [-0.15, -0.1) is 11.3 Å². The molecule has 2 N–H and O–H groups in total. The third-order valence-corrected chi connectivity index (χ3v) is 7.01. The number of carbonyl (C=O) groups is 1. The number of likely N-dealkylation sites (tertiary alicyclic amines) is 1. The number of hydrogen-bond acceptors (Lipinski definition) is 5. The predicted octanol–water partition coefficient (Wildman–Crippen LogP) is 4.86. The number of esters is 1. The number of piperidine rings is 1. The van der Waals surface area contributed by atoms with Crippen LogP contribution < -0.4 is 5.32 Å². The number of hydrogen-bond donors (Lipinski definition) is 2. The van der Waals surface area contributed by atoms with E-state index in [9.17, 15) is 9.90 Å². The number of nitrogens with zero attached hydrogens (tertiary/aromatic N) is 2. The van der Waals surface area contributed by atoms with Gasteiger partial charge in [0.1, 0.15) is 5.75 Å². The maximum absolute atomic E-state index is 12.0. The molecular formula is C23H29N3O3S. The molecule has 1 saturated carbocycles. The molecule has 1 aliphatic carbocycles. The van der Waals surface area contributed by atoms with Crippen molar-refractivity contribution in [2.45, 2.75) is 51.1 Å². The molecule has 2 aromatic rings. The summed E-state index contributed by atoms with van der Waals surface area (Å²) in [4.78, 5) is 20.5. The molecule has 1 aromatic carbocycles. The van der Waals surface area contributed by atoms with Gasteiger partial charge in [-0.1, -0.05) is 18.9 Å². The monoisotopic (exact) mass is 427 g/mol. The van der Waals surface area contributed by atoms with Crippen molar-refractivity contribution >= 4 is 29.0 Å². The van der Waals surface area contributed by atoms with E-state index in [-0.39, 0.29) is 5.75 Å². The zero-order valence-corrected chi connectivity index (χ0v) is 18.2. The van der Waals surface area contributed by atoms with Crippen molar-refractivity contribution in [2.24, 2.45) is 10.9 Å². The first-order valence-electron chi connectivity index (χ1n) is 10.7. The number of fused-ring (bicyclic) bond motifs is 1. The van der Waals surface area contributed by atoms with Crippen LogP contribution in [0.3, 0.4) is 0 Å². The standard InChI is InChI=1S/C23H29N3O3S/c1-29-22(28)17-10-11-21(27)19(14-17)25-23(24-15-18-8-5-13-30-18)26-12-4-7-16-6-2-3-9-20(16)26/h5,8,10-11,13-14,16,20,27H,2-4,6-7,9,12,15H2,1H3,(H,24,25). The normalized spacial score (nSPS) is 21.8. The Bertz CT molecular complexity index is 895. The number of guanidine groups is 1. The Morgan fingerprint density at radius 3 is 2.90 bits per heavy atom. The minimum absolute atomic E-state index is 0.0867. The van der Waals surface area contributed by atoms with Gasteiger partial charge < -0.3 is 20.1 Å². The van der Waals surface area contributed by atoms with E-state index in [1.165, 1.54) is 50.2 Å². The molecule has 2 atom stereocenters. The van der Waals surface area contributed by atoms with Gasteiger partial charge in [-0.05, 0) is 61.2 Å². The number of benzene rings is 1. The number of ether oxygens (including phenoxy) is 1. The minimum atomic E-state index is -0.430. The number of carbonyl (C=O) groups excluding carboxylic acids is 1. The quantitative estimate of drug-likeness (QED) is 0.315. The zero-order chi connectivity index (χ0) is 20.9. The molecule has 0 spiro atoms. The number of methoxy groups -OCH3 is 1. The van der Waals surface area contributed by atoms with Gasteiger partial charge in [0.2, 0.25) is 0 Å². The minimum Gasteiger partial charge on any atom is -0.506 e. The molecule has 2 aliphatic rings. The van der Waals surface area contributed by atoms with Gasteiger partial charge in [-0.2, -0.15) is 0 Å². The van der Waals surface area contributed by atoms with Crippen LogP contribution in [0.1, 0.15) is 53.8 Å². The van der Waals surface area contributed by atoms with Crippen molar-refractivity contribution in [3.8, 4) is 5.75 Å². The fourth-order valence-corrected chi connectivity index (χ4v) is 5.27. The molecule has 6 nitrogen and oxygen atoms in total. The first-order valence-corrected chi connectivity index (χ1v) is 11.6. The number of anilines is 1. The maximum Gasteiger partial charge on any atom is 0.337 e. The van der Waals surface area contributed by atoms with Crippen molar-refractivity contribution in [3.63, 3.8) is 0 Å². The van der Waals surface area contributed by atoms with E-state index < -0.39 is 5.97 Å². The maximum atomic E-state index is 12.0. The molecule has 30 heavy (non-hydrogen) atoms. The Hall–Kier alpha value is -2.54. The van der Waals surface area contributed by atoms with Crippen molar-refractivity contribution < 1.29 is 14.6 Å². The fraction of sp³-hybridized carbons (Fsp3) is 0.478. The number of thiophene rings is 1. The summed E-state index contributed by atoms with van der Waals surface area (Å²) in [6, 6.07) is 9.31. The molecule has 2 heterocycles. The highest BCUT2D eigenvalue weighted by Crippen LogP contribution is 2.36. The van der Waals surface area contributed by atoms with E-state index in [0.717, 1.165) is 18.9 Å². The van der Waals surface area contributed by atoms with Crippen molar-refractivity contribution in [1.82, 2.24) is 4.90 Å². The van der Waals surface area contributed by atoms with Gasteiger partial charge in [-0.3, -0.25) is 0 Å². The van der Waals surface area contributed by atoms with E-state index in [0.29, 0.717) is 29.8 Å². The highest BCUT2D eigenvalue weighted by Gasteiger charge is 2.35. The van der Waals surface area contributed by atoms with E-state index in [2.05, 4.69) is 21.7 Å². The van der Waals surface area contributed by atoms with Crippen LogP contribution >= 0.6 is 11.3 Å². The van der Waals surface area contributed by atoms with Gasteiger partial charge in [0.15, 0.2) is 5.96 Å². The van der Waals surface area contributed by atoms with Crippen LogP contribution in [0.4, 0.5) is 5.69 Å². The summed E-state index contributed by atoms with van der Waals surface area (Å²) in [5.74, 6) is 1.14. The second-order valence-electron chi connectivity index (χ2n) is 8.02. The number of nitrogens with one attached hydrogen (secondary N) is 1. The summed E-state index contributed by atoms with van der Waals surface area (Å²) in [6.07, 6.45) is 7.45. The zero-order valence-electron chi connectivity index (χ0n) is 17.3. The molecule has 160 valence electrons. The molecule has 0 bridgehead atoms. The van der Waals surface area contributed by atoms with E-state index in [4.69, 9.17) is 9.73 Å². The van der Waals surface area contributed by atoms with E-state index >= 15 is 0 Å². The predicted molar refractivity (Wildman–Crippen MR) is 120 cm³/mol. The van der Waals surface area contributed by atoms with Gasteiger partial charge in [-0.25, -0.2) is 9.79 Å². The van der Waals surface area contributed by atoms with Crippen LogP contribution in [0.5, 0.6) is 5.75 Å². The first-order chi connectivity index (χ1) is 14.7. The topological polar surface area (TPSA) is 74.2 Å². The lowest BCUT2D eigenvalue weighted by molar-refractivity contribution is 0.0601. The Balaban J connectivity index is 1.64. The Kier molecular flexibility index (Phi) is 6.57. The molecule has 1 saturated heterocycles. The summed E-state index contributed by atoms with van der Waals surface area (Å²) >= 11 is 1.69. The van der Waals surface area contributed by atoms with E-state index in [1.54, 1.807) is 23.5 Å². The van der Waals surface area contributed by atoms with Crippen molar-refractivity contribution in [3.05, 3.63) is 46.2 Å². The van der Waals surface area contributed by atoms with Crippen LogP contribution in [-0.2, 0) is 11.3 Å². The molecule has 1 aliphatic heterocycles.